The lowest BCUT2D eigenvalue weighted by molar-refractivity contribution is 0.101. The maximum absolute atomic E-state index is 10.7. The average molecular weight is 380 g/mol. The van der Waals surface area contributed by atoms with Crippen LogP contribution in [0, 0.1) is 0 Å². The molecule has 0 saturated carbocycles. The Bertz CT molecular complexity index is 898. The minimum atomic E-state index is -0.478. The van der Waals surface area contributed by atoms with E-state index in [-0.39, 0.29) is 6.10 Å². The van der Waals surface area contributed by atoms with Gasteiger partial charge in [0, 0.05) is 36.3 Å². The standard InChI is InChI=1S/C23H28N2O3/c1-27-20-10-8-17(9-11-20)23-13-18-5-2-3-7-22(18)25(23)16-19(26)14-24-15-21-6-4-12-28-21/h2-3,5,7-11,13,19,21,24,26H,4,6,12,14-16H2,1H3/t19-,21-/m0/s1. The largest absolute Gasteiger partial charge is 0.497 e. The molecule has 1 aliphatic heterocycles. The van der Waals surface area contributed by atoms with Crippen LogP contribution in [0.3, 0.4) is 0 Å². The summed E-state index contributed by atoms with van der Waals surface area (Å²) in [6.45, 7) is 2.74. The molecule has 5 heteroatoms. The number of fused-ring (bicyclic) bond motifs is 1. The smallest absolute Gasteiger partial charge is 0.118 e. The third-order valence-electron chi connectivity index (χ3n) is 5.37. The molecule has 2 aromatic carbocycles. The van der Waals surface area contributed by atoms with E-state index in [1.807, 2.05) is 24.3 Å². The van der Waals surface area contributed by atoms with E-state index < -0.39 is 6.10 Å². The van der Waals surface area contributed by atoms with Crippen molar-refractivity contribution in [3.63, 3.8) is 0 Å². The summed E-state index contributed by atoms with van der Waals surface area (Å²) in [6.07, 6.45) is 2.05. The zero-order valence-electron chi connectivity index (χ0n) is 16.3. The Morgan fingerprint density at radius 1 is 1.21 bits per heavy atom. The first kappa shape index (κ1) is 19.0. The molecule has 2 atom stereocenters. The van der Waals surface area contributed by atoms with Crippen molar-refractivity contribution < 1.29 is 14.6 Å². The van der Waals surface area contributed by atoms with E-state index in [9.17, 15) is 5.11 Å². The van der Waals surface area contributed by atoms with Crippen LogP contribution in [0.15, 0.2) is 54.6 Å². The zero-order valence-corrected chi connectivity index (χ0v) is 16.3. The van der Waals surface area contributed by atoms with Gasteiger partial charge < -0.3 is 24.5 Å². The minimum Gasteiger partial charge on any atom is -0.497 e. The van der Waals surface area contributed by atoms with Crippen LogP contribution in [0.4, 0.5) is 0 Å². The molecular weight excluding hydrogens is 352 g/mol. The number of methoxy groups -OCH3 is 1. The first-order chi connectivity index (χ1) is 13.7. The zero-order chi connectivity index (χ0) is 19.3. The number of nitrogens with one attached hydrogen (secondary N) is 1. The summed E-state index contributed by atoms with van der Waals surface area (Å²) in [7, 11) is 1.67. The first-order valence-corrected chi connectivity index (χ1v) is 9.97. The predicted octanol–water partition coefficient (Wildman–Crippen LogP) is 3.45. The Balaban J connectivity index is 1.52. The number of nitrogens with zero attached hydrogens (tertiary/aromatic N) is 1. The Labute approximate surface area is 165 Å². The third kappa shape index (κ3) is 4.22. The van der Waals surface area contributed by atoms with Crippen molar-refractivity contribution >= 4 is 10.9 Å². The van der Waals surface area contributed by atoms with Crippen LogP contribution >= 0.6 is 0 Å². The summed E-state index contributed by atoms with van der Waals surface area (Å²) in [6, 6.07) is 18.5. The molecule has 28 heavy (non-hydrogen) atoms. The van der Waals surface area contributed by atoms with E-state index in [1.165, 1.54) is 5.39 Å². The molecule has 2 N–H and O–H groups in total. The lowest BCUT2D eigenvalue weighted by atomic mass is 10.1. The van der Waals surface area contributed by atoms with Gasteiger partial charge in [-0.2, -0.15) is 0 Å². The Hall–Kier alpha value is -2.34. The number of aromatic nitrogens is 1. The van der Waals surface area contributed by atoms with Crippen LogP contribution in [0.1, 0.15) is 12.8 Å². The van der Waals surface area contributed by atoms with Crippen molar-refractivity contribution in [1.29, 1.82) is 0 Å². The van der Waals surface area contributed by atoms with E-state index in [0.29, 0.717) is 13.1 Å². The maximum atomic E-state index is 10.7. The van der Waals surface area contributed by atoms with Crippen LogP contribution in [-0.2, 0) is 11.3 Å². The summed E-state index contributed by atoms with van der Waals surface area (Å²) in [5.74, 6) is 0.838. The van der Waals surface area contributed by atoms with Crippen molar-refractivity contribution in [2.24, 2.45) is 0 Å². The van der Waals surface area contributed by atoms with E-state index in [4.69, 9.17) is 9.47 Å². The Morgan fingerprint density at radius 3 is 2.79 bits per heavy atom. The molecule has 1 fully saturated rings. The topological polar surface area (TPSA) is 55.7 Å². The van der Waals surface area contributed by atoms with Gasteiger partial charge >= 0.3 is 0 Å². The van der Waals surface area contributed by atoms with Gasteiger partial charge in [0.05, 0.1) is 25.9 Å². The molecule has 0 unspecified atom stereocenters. The predicted molar refractivity (Wildman–Crippen MR) is 112 cm³/mol. The van der Waals surface area contributed by atoms with Gasteiger partial charge in [-0.1, -0.05) is 18.2 Å². The van der Waals surface area contributed by atoms with Gasteiger partial charge in [0.25, 0.3) is 0 Å². The average Bonchev–Trinajstić information content (AvgIpc) is 3.36. The highest BCUT2D eigenvalue weighted by Gasteiger charge is 2.17. The van der Waals surface area contributed by atoms with Gasteiger partial charge in [0.1, 0.15) is 5.75 Å². The highest BCUT2D eigenvalue weighted by molar-refractivity contribution is 5.87. The molecule has 2 heterocycles. The van der Waals surface area contributed by atoms with Crippen molar-refractivity contribution in [2.75, 3.05) is 26.8 Å². The van der Waals surface area contributed by atoms with E-state index in [2.05, 4.69) is 40.2 Å². The van der Waals surface area contributed by atoms with E-state index in [1.54, 1.807) is 7.11 Å². The van der Waals surface area contributed by atoms with Gasteiger partial charge in [0.2, 0.25) is 0 Å². The summed E-state index contributed by atoms with van der Waals surface area (Å²) in [5.41, 5.74) is 3.34. The van der Waals surface area contributed by atoms with Crippen LogP contribution in [0.5, 0.6) is 5.75 Å². The van der Waals surface area contributed by atoms with Crippen molar-refractivity contribution in [1.82, 2.24) is 9.88 Å². The molecule has 1 saturated heterocycles. The van der Waals surface area contributed by atoms with Gasteiger partial charge in [-0.25, -0.2) is 0 Å². The number of ether oxygens (including phenoxy) is 2. The molecule has 1 aromatic heterocycles. The molecule has 0 amide bonds. The molecule has 0 radical (unpaired) electrons. The molecule has 0 aliphatic carbocycles. The summed E-state index contributed by atoms with van der Waals surface area (Å²) < 4.78 is 13.1. The summed E-state index contributed by atoms with van der Waals surface area (Å²) in [4.78, 5) is 0. The number of para-hydroxylation sites is 1. The molecular formula is C23H28N2O3. The summed E-state index contributed by atoms with van der Waals surface area (Å²) >= 11 is 0. The number of hydrogen-bond acceptors (Lipinski definition) is 4. The summed E-state index contributed by atoms with van der Waals surface area (Å²) in [5, 5.41) is 15.2. The lowest BCUT2D eigenvalue weighted by Crippen LogP contribution is -2.35. The van der Waals surface area contributed by atoms with Crippen LogP contribution in [0.25, 0.3) is 22.2 Å². The normalized spacial score (nSPS) is 17.9. The van der Waals surface area contributed by atoms with Crippen LogP contribution < -0.4 is 10.1 Å². The van der Waals surface area contributed by atoms with E-state index in [0.717, 1.165) is 48.5 Å². The third-order valence-corrected chi connectivity index (χ3v) is 5.37. The number of aliphatic hydroxyl groups is 1. The van der Waals surface area contributed by atoms with Crippen molar-refractivity contribution in [3.8, 4) is 17.0 Å². The van der Waals surface area contributed by atoms with Crippen molar-refractivity contribution in [3.05, 3.63) is 54.6 Å². The van der Waals surface area contributed by atoms with Crippen LogP contribution in [0.2, 0.25) is 0 Å². The number of hydrogen-bond donors (Lipinski definition) is 2. The molecule has 148 valence electrons. The molecule has 0 bridgehead atoms. The highest BCUT2D eigenvalue weighted by Crippen LogP contribution is 2.29. The fraction of sp³-hybridized carbons (Fsp3) is 0.391. The molecule has 4 rings (SSSR count). The van der Waals surface area contributed by atoms with Gasteiger partial charge in [0.15, 0.2) is 0 Å². The Morgan fingerprint density at radius 2 is 2.04 bits per heavy atom. The highest BCUT2D eigenvalue weighted by atomic mass is 16.5. The SMILES string of the molecule is COc1ccc(-c2cc3ccccc3n2C[C@@H](O)CNC[C@@H]2CCCO2)cc1. The lowest BCUT2D eigenvalue weighted by Gasteiger charge is -2.18. The monoisotopic (exact) mass is 380 g/mol. The van der Waals surface area contributed by atoms with Crippen molar-refractivity contribution in [2.45, 2.75) is 31.6 Å². The number of rotatable bonds is 8. The first-order valence-electron chi connectivity index (χ1n) is 9.97. The van der Waals surface area contributed by atoms with Gasteiger partial charge in [-0.05, 0) is 54.8 Å². The number of benzene rings is 2. The molecule has 3 aromatic rings. The quantitative estimate of drug-likeness (QED) is 0.629. The van der Waals surface area contributed by atoms with Crippen LogP contribution in [-0.4, -0.2) is 48.7 Å². The fourth-order valence-electron chi connectivity index (χ4n) is 3.90. The second-order valence-electron chi connectivity index (χ2n) is 7.37. The second-order valence-corrected chi connectivity index (χ2v) is 7.37. The minimum absolute atomic E-state index is 0.287. The van der Waals surface area contributed by atoms with Gasteiger partial charge in [-0.3, -0.25) is 0 Å². The van der Waals surface area contributed by atoms with Gasteiger partial charge in [-0.15, -0.1) is 0 Å². The molecule has 1 aliphatic rings. The molecule has 5 nitrogen and oxygen atoms in total. The molecule has 0 spiro atoms. The maximum Gasteiger partial charge on any atom is 0.118 e. The number of aliphatic hydroxyl groups excluding tert-OH is 1. The fourth-order valence-corrected chi connectivity index (χ4v) is 3.90. The second kappa shape index (κ2) is 8.78. The Kier molecular flexibility index (Phi) is 5.95. The van der Waals surface area contributed by atoms with E-state index >= 15 is 0 Å².